The molecule has 2 aliphatic rings. The van der Waals surface area contributed by atoms with E-state index in [2.05, 4.69) is 201 Å². The minimum atomic E-state index is 0.173. The Labute approximate surface area is 409 Å². The van der Waals surface area contributed by atoms with Gasteiger partial charge in [0.15, 0.2) is 0 Å². The molecule has 0 spiro atoms. The molecule has 0 radical (unpaired) electrons. The van der Waals surface area contributed by atoms with Crippen LogP contribution < -0.4 is 9.47 Å². The standard InChI is InChI=1S/2C29H32BrNO2/c1-31-21-26(31)9-6-20-33-27-17-13-24(14-18-27)29(23-11-15-25(30)16-12-23)28(10-5-19-32)22-7-3-2-4-8-22;1-31-19-5-9-26(31)21-33-27-17-13-24(14-18-27)29(23-11-15-25(30)16-12-23)28(10-6-20-32)22-7-3-2-4-8-22/h2*2-4,7-8,11-18,26,32H,5-6,9-10,19-21H2,1H3/b2*29-28-. The number of likely N-dealkylation sites (N-methyl/N-ethyl adjacent to an activating group) is 2. The summed E-state index contributed by atoms with van der Waals surface area (Å²) in [6, 6.07) is 56.1. The first kappa shape index (κ1) is 49.1. The molecule has 6 aromatic rings. The highest BCUT2D eigenvalue weighted by Crippen LogP contribution is 2.38. The van der Waals surface area contributed by atoms with Gasteiger partial charge in [-0.1, -0.05) is 141 Å². The number of likely N-dealkylation sites (tertiary alicyclic amines) is 1. The number of aliphatic hydroxyl groups is 2. The van der Waals surface area contributed by atoms with E-state index in [1.54, 1.807) is 0 Å². The molecule has 0 amide bonds. The SMILES string of the molecule is CN1CC1CCCOc1ccc(/C(=C(/CCCO)c2ccccc2)c2ccc(Br)cc2)cc1.CN1CCCC1COc1ccc(/C(=C(/CCCO)c2ccccc2)c2ccc(Br)cc2)cc1. The molecule has 2 heterocycles. The molecule has 0 bridgehead atoms. The summed E-state index contributed by atoms with van der Waals surface area (Å²) in [4.78, 5) is 4.75. The van der Waals surface area contributed by atoms with E-state index in [9.17, 15) is 10.2 Å². The molecule has 2 aliphatic heterocycles. The number of allylic oxidation sites excluding steroid dienone is 2. The maximum atomic E-state index is 9.58. The molecular weight excluding hydrogens is 948 g/mol. The number of nitrogens with zero attached hydrogens (tertiary/aromatic N) is 2. The lowest BCUT2D eigenvalue weighted by Crippen LogP contribution is -2.30. The first-order valence-electron chi connectivity index (χ1n) is 23.5. The Morgan fingerprint density at radius 1 is 0.515 bits per heavy atom. The summed E-state index contributed by atoms with van der Waals surface area (Å²) in [6.45, 7) is 4.21. The lowest BCUT2D eigenvalue weighted by atomic mass is 9.87. The Morgan fingerprint density at radius 2 is 0.939 bits per heavy atom. The van der Waals surface area contributed by atoms with Crippen LogP contribution in [0, 0.1) is 0 Å². The molecule has 2 saturated heterocycles. The third-order valence-electron chi connectivity index (χ3n) is 12.6. The second-order valence-corrected chi connectivity index (χ2v) is 19.2. The van der Waals surface area contributed by atoms with E-state index in [4.69, 9.17) is 9.47 Å². The zero-order valence-corrected chi connectivity index (χ0v) is 41.6. The number of halogens is 2. The third-order valence-corrected chi connectivity index (χ3v) is 13.7. The minimum absolute atomic E-state index is 0.173. The van der Waals surface area contributed by atoms with Crippen molar-refractivity contribution in [1.29, 1.82) is 0 Å². The van der Waals surface area contributed by atoms with Crippen molar-refractivity contribution < 1.29 is 19.7 Å². The van der Waals surface area contributed by atoms with Gasteiger partial charge >= 0.3 is 0 Å². The highest BCUT2D eigenvalue weighted by atomic mass is 79.9. The van der Waals surface area contributed by atoms with E-state index in [0.717, 1.165) is 101 Å². The molecule has 6 nitrogen and oxygen atoms in total. The van der Waals surface area contributed by atoms with Gasteiger partial charge in [0.1, 0.15) is 18.1 Å². The van der Waals surface area contributed by atoms with Crippen LogP contribution in [0.5, 0.6) is 11.5 Å². The second-order valence-electron chi connectivity index (χ2n) is 17.3. The molecule has 2 fully saturated rings. The normalized spacial score (nSPS) is 17.6. The monoisotopic (exact) mass is 1010 g/mol. The Balaban J connectivity index is 0.000000196. The van der Waals surface area contributed by atoms with Gasteiger partial charge in [-0.05, 0) is 176 Å². The molecule has 6 aromatic carbocycles. The van der Waals surface area contributed by atoms with Crippen LogP contribution in [0.4, 0.5) is 0 Å². The van der Waals surface area contributed by atoms with E-state index < -0.39 is 0 Å². The van der Waals surface area contributed by atoms with E-state index in [1.807, 2.05) is 12.1 Å². The quantitative estimate of drug-likeness (QED) is 0.0451. The molecular formula is C58H64Br2N2O4. The fourth-order valence-electron chi connectivity index (χ4n) is 8.80. The first-order chi connectivity index (χ1) is 32.3. The number of rotatable bonds is 20. The van der Waals surface area contributed by atoms with Gasteiger partial charge in [0.2, 0.25) is 0 Å². The molecule has 0 aromatic heterocycles. The molecule has 0 saturated carbocycles. The van der Waals surface area contributed by atoms with E-state index in [0.29, 0.717) is 6.04 Å². The highest BCUT2D eigenvalue weighted by molar-refractivity contribution is 9.10. The summed E-state index contributed by atoms with van der Waals surface area (Å²) in [5, 5.41) is 19.1. The van der Waals surface area contributed by atoms with Gasteiger partial charge in [0.25, 0.3) is 0 Å². The number of benzene rings is 6. The van der Waals surface area contributed by atoms with Gasteiger partial charge in [-0.3, -0.25) is 0 Å². The number of aliphatic hydroxyl groups excluding tert-OH is 2. The zero-order chi connectivity index (χ0) is 46.1. The number of ether oxygens (including phenoxy) is 2. The smallest absolute Gasteiger partial charge is 0.119 e. The predicted molar refractivity (Wildman–Crippen MR) is 281 cm³/mol. The molecule has 8 heteroatoms. The van der Waals surface area contributed by atoms with Crippen LogP contribution in [0.25, 0.3) is 22.3 Å². The topological polar surface area (TPSA) is 65.2 Å². The molecule has 3 atom stereocenters. The largest absolute Gasteiger partial charge is 0.494 e. The Morgan fingerprint density at radius 3 is 1.33 bits per heavy atom. The van der Waals surface area contributed by atoms with Crippen LogP contribution in [-0.4, -0.2) is 85.7 Å². The van der Waals surface area contributed by atoms with Crippen molar-refractivity contribution in [2.45, 2.75) is 63.5 Å². The zero-order valence-electron chi connectivity index (χ0n) is 38.4. The van der Waals surface area contributed by atoms with Gasteiger partial charge < -0.3 is 29.5 Å². The Hall–Kier alpha value is -4.80. The minimum Gasteiger partial charge on any atom is -0.494 e. The summed E-state index contributed by atoms with van der Waals surface area (Å²) >= 11 is 7.13. The number of hydrogen-bond acceptors (Lipinski definition) is 6. The fourth-order valence-corrected chi connectivity index (χ4v) is 9.33. The van der Waals surface area contributed by atoms with E-state index in [-0.39, 0.29) is 13.2 Å². The molecule has 2 N–H and O–H groups in total. The van der Waals surface area contributed by atoms with E-state index >= 15 is 0 Å². The van der Waals surface area contributed by atoms with Gasteiger partial charge in [0, 0.05) is 40.8 Å². The highest BCUT2D eigenvalue weighted by Gasteiger charge is 2.28. The van der Waals surface area contributed by atoms with Crippen molar-refractivity contribution in [3.8, 4) is 11.5 Å². The van der Waals surface area contributed by atoms with Crippen molar-refractivity contribution >= 4 is 54.2 Å². The number of hydrogen-bond donors (Lipinski definition) is 2. The first-order valence-corrected chi connectivity index (χ1v) is 25.1. The lowest BCUT2D eigenvalue weighted by molar-refractivity contribution is 0.198. The second kappa shape index (κ2) is 25.4. The van der Waals surface area contributed by atoms with Gasteiger partial charge in [-0.25, -0.2) is 0 Å². The van der Waals surface area contributed by atoms with Crippen LogP contribution in [-0.2, 0) is 0 Å². The molecule has 344 valence electrons. The van der Waals surface area contributed by atoms with Crippen molar-refractivity contribution in [1.82, 2.24) is 9.80 Å². The van der Waals surface area contributed by atoms with Gasteiger partial charge in [-0.2, -0.15) is 0 Å². The van der Waals surface area contributed by atoms with Crippen molar-refractivity contribution in [2.75, 3.05) is 53.6 Å². The summed E-state index contributed by atoms with van der Waals surface area (Å²) < 4.78 is 14.3. The summed E-state index contributed by atoms with van der Waals surface area (Å²) in [7, 11) is 4.35. The molecule has 66 heavy (non-hydrogen) atoms. The van der Waals surface area contributed by atoms with Crippen molar-refractivity contribution in [2.24, 2.45) is 0 Å². The third kappa shape index (κ3) is 14.1. The summed E-state index contributed by atoms with van der Waals surface area (Å²) in [5.74, 6) is 1.82. The van der Waals surface area contributed by atoms with Crippen molar-refractivity contribution in [3.63, 3.8) is 0 Å². The van der Waals surface area contributed by atoms with E-state index in [1.165, 1.54) is 59.2 Å². The van der Waals surface area contributed by atoms with Crippen LogP contribution in [0.2, 0.25) is 0 Å². The van der Waals surface area contributed by atoms with Gasteiger partial charge in [-0.15, -0.1) is 0 Å². The fraction of sp³-hybridized carbons (Fsp3) is 0.310. The predicted octanol–water partition coefficient (Wildman–Crippen LogP) is 13.3. The molecule has 0 aliphatic carbocycles. The van der Waals surface area contributed by atoms with Gasteiger partial charge in [0.05, 0.1) is 6.61 Å². The average Bonchev–Trinajstić information content (AvgIpc) is 3.91. The van der Waals surface area contributed by atoms with Crippen LogP contribution in [0.15, 0.2) is 167 Å². The average molecular weight is 1010 g/mol. The molecule has 3 unspecified atom stereocenters. The molecule has 8 rings (SSSR count). The Bertz CT molecular complexity index is 2440. The van der Waals surface area contributed by atoms with Crippen LogP contribution in [0.3, 0.4) is 0 Å². The maximum absolute atomic E-state index is 9.58. The Kier molecular flexibility index (Phi) is 18.9. The maximum Gasteiger partial charge on any atom is 0.119 e. The van der Waals surface area contributed by atoms with Crippen LogP contribution in [0.1, 0.15) is 84.7 Å². The van der Waals surface area contributed by atoms with Crippen LogP contribution >= 0.6 is 31.9 Å². The van der Waals surface area contributed by atoms with Crippen molar-refractivity contribution in [3.05, 3.63) is 200 Å². The summed E-state index contributed by atoms with van der Waals surface area (Å²) in [6.07, 6.45) is 7.80. The summed E-state index contributed by atoms with van der Waals surface area (Å²) in [5.41, 5.74) is 11.9. The lowest BCUT2D eigenvalue weighted by Gasteiger charge is -2.20.